The second kappa shape index (κ2) is 6.18. The zero-order chi connectivity index (χ0) is 16.7. The monoisotopic (exact) mass is 351 g/mol. The van der Waals surface area contributed by atoms with Crippen molar-refractivity contribution < 1.29 is 18.0 Å². The quantitative estimate of drug-likeness (QED) is 0.887. The van der Waals surface area contributed by atoms with Crippen molar-refractivity contribution in [1.29, 1.82) is 0 Å². The molecule has 3 heterocycles. The van der Waals surface area contributed by atoms with E-state index in [-0.39, 0.29) is 17.8 Å². The molecule has 0 unspecified atom stereocenters. The van der Waals surface area contributed by atoms with Gasteiger partial charge in [0.1, 0.15) is 0 Å². The smallest absolute Gasteiger partial charge is 0.307 e. The number of hydrogen-bond acceptors (Lipinski definition) is 5. The summed E-state index contributed by atoms with van der Waals surface area (Å²) >= 11 is 1.08. The number of aromatic nitrogens is 1. The van der Waals surface area contributed by atoms with Gasteiger partial charge in [-0.15, -0.1) is 0 Å². The Morgan fingerprint density at radius 2 is 2.21 bits per heavy atom. The molecule has 4 rings (SSSR count). The second-order valence-electron chi connectivity index (χ2n) is 6.03. The molecule has 1 amide bonds. The SMILES string of the molecule is O=C(N[C@@H]1C[C@H]2CC[C@@H]1N2)c1ncc(Sc2ccc(F)c(F)c2)o1. The van der Waals surface area contributed by atoms with E-state index in [2.05, 4.69) is 15.6 Å². The van der Waals surface area contributed by atoms with E-state index < -0.39 is 11.6 Å². The molecular weight excluding hydrogens is 336 g/mol. The fourth-order valence-electron chi connectivity index (χ4n) is 3.28. The number of rotatable bonds is 4. The number of nitrogens with one attached hydrogen (secondary N) is 2. The van der Waals surface area contributed by atoms with E-state index in [1.165, 1.54) is 12.3 Å². The summed E-state index contributed by atoms with van der Waals surface area (Å²) in [4.78, 5) is 16.7. The molecule has 2 aliphatic rings. The average molecular weight is 351 g/mol. The molecule has 5 nitrogen and oxygen atoms in total. The van der Waals surface area contributed by atoms with Crippen molar-refractivity contribution in [2.24, 2.45) is 0 Å². The van der Waals surface area contributed by atoms with Crippen LogP contribution in [-0.4, -0.2) is 29.0 Å². The van der Waals surface area contributed by atoms with Crippen molar-refractivity contribution in [3.05, 3.63) is 41.9 Å². The molecule has 2 N–H and O–H groups in total. The predicted molar refractivity (Wildman–Crippen MR) is 82.8 cm³/mol. The summed E-state index contributed by atoms with van der Waals surface area (Å²) in [7, 11) is 0. The van der Waals surface area contributed by atoms with E-state index in [1.807, 2.05) is 0 Å². The molecule has 2 fully saturated rings. The van der Waals surface area contributed by atoms with Crippen molar-refractivity contribution in [1.82, 2.24) is 15.6 Å². The van der Waals surface area contributed by atoms with E-state index in [9.17, 15) is 13.6 Å². The maximum atomic E-state index is 13.2. The van der Waals surface area contributed by atoms with E-state index in [1.54, 1.807) is 0 Å². The highest BCUT2D eigenvalue weighted by molar-refractivity contribution is 7.99. The van der Waals surface area contributed by atoms with Crippen LogP contribution in [0.2, 0.25) is 0 Å². The summed E-state index contributed by atoms with van der Waals surface area (Å²) in [5, 5.41) is 6.73. The van der Waals surface area contributed by atoms with E-state index in [4.69, 9.17) is 4.42 Å². The van der Waals surface area contributed by atoms with E-state index in [0.717, 1.165) is 43.2 Å². The molecule has 0 aliphatic carbocycles. The Hall–Kier alpha value is -1.93. The molecule has 2 bridgehead atoms. The first kappa shape index (κ1) is 15.6. The predicted octanol–water partition coefficient (Wildman–Crippen LogP) is 2.73. The van der Waals surface area contributed by atoms with Gasteiger partial charge in [-0.1, -0.05) is 11.8 Å². The highest BCUT2D eigenvalue weighted by atomic mass is 32.2. The van der Waals surface area contributed by atoms with Gasteiger partial charge in [-0.25, -0.2) is 13.8 Å². The van der Waals surface area contributed by atoms with Crippen LogP contribution >= 0.6 is 11.8 Å². The van der Waals surface area contributed by atoms with Gasteiger partial charge in [0.15, 0.2) is 16.7 Å². The van der Waals surface area contributed by atoms with Crippen LogP contribution in [0.5, 0.6) is 0 Å². The lowest BCUT2D eigenvalue weighted by atomic mass is 9.95. The van der Waals surface area contributed by atoms with Crippen LogP contribution in [0.3, 0.4) is 0 Å². The Morgan fingerprint density at radius 1 is 1.33 bits per heavy atom. The number of halogens is 2. The van der Waals surface area contributed by atoms with Crippen LogP contribution in [0.1, 0.15) is 29.9 Å². The average Bonchev–Trinajstić information content (AvgIpc) is 3.27. The first-order valence-corrected chi connectivity index (χ1v) is 8.56. The first-order chi connectivity index (χ1) is 11.6. The topological polar surface area (TPSA) is 67.2 Å². The third-order valence-corrected chi connectivity index (χ3v) is 5.28. The lowest BCUT2D eigenvalue weighted by molar-refractivity contribution is 0.0890. The fraction of sp³-hybridized carbons (Fsp3) is 0.375. The molecular formula is C16H15F2N3O2S. The number of oxazole rings is 1. The van der Waals surface area contributed by atoms with Crippen LogP contribution in [0.4, 0.5) is 8.78 Å². The van der Waals surface area contributed by atoms with Gasteiger partial charge in [0, 0.05) is 23.0 Å². The van der Waals surface area contributed by atoms with E-state index >= 15 is 0 Å². The zero-order valence-corrected chi connectivity index (χ0v) is 13.4. The maximum absolute atomic E-state index is 13.2. The Balaban J connectivity index is 1.40. The summed E-state index contributed by atoms with van der Waals surface area (Å²) in [5.74, 6) is -2.22. The van der Waals surface area contributed by atoms with Gasteiger partial charge in [-0.3, -0.25) is 4.79 Å². The van der Waals surface area contributed by atoms with Crippen molar-refractivity contribution in [2.45, 2.75) is 47.4 Å². The van der Waals surface area contributed by atoms with Gasteiger partial charge in [-0.05, 0) is 37.5 Å². The molecule has 1 aromatic heterocycles. The summed E-state index contributed by atoms with van der Waals surface area (Å²) in [5.41, 5.74) is 0. The van der Waals surface area contributed by atoms with Crippen LogP contribution in [0, 0.1) is 11.6 Å². The number of fused-ring (bicyclic) bond motifs is 2. The van der Waals surface area contributed by atoms with Crippen LogP contribution in [0.15, 0.2) is 38.8 Å². The van der Waals surface area contributed by atoms with Gasteiger partial charge in [0.25, 0.3) is 5.89 Å². The molecule has 24 heavy (non-hydrogen) atoms. The molecule has 2 saturated heterocycles. The minimum atomic E-state index is -0.929. The number of benzene rings is 1. The standard InChI is InChI=1S/C16H15F2N3O2S/c17-10-3-2-9(6-11(10)18)24-14-7-19-16(23-14)15(22)21-13-5-8-1-4-12(13)20-8/h2-3,6-8,12-13,20H,1,4-5H2,(H,21,22)/t8-,12+,13-/m1/s1. The van der Waals surface area contributed by atoms with Crippen molar-refractivity contribution in [2.75, 3.05) is 0 Å². The number of nitrogens with zero attached hydrogens (tertiary/aromatic N) is 1. The molecule has 3 atom stereocenters. The molecule has 1 aromatic carbocycles. The highest BCUT2D eigenvalue weighted by Crippen LogP contribution is 2.30. The first-order valence-electron chi connectivity index (χ1n) is 7.74. The van der Waals surface area contributed by atoms with Crippen molar-refractivity contribution in [3.8, 4) is 0 Å². The van der Waals surface area contributed by atoms with Gasteiger partial charge >= 0.3 is 5.91 Å². The molecule has 126 valence electrons. The molecule has 8 heteroatoms. The van der Waals surface area contributed by atoms with Crippen LogP contribution in [-0.2, 0) is 0 Å². The Kier molecular flexibility index (Phi) is 4.01. The lowest BCUT2D eigenvalue weighted by Gasteiger charge is -2.20. The Morgan fingerprint density at radius 3 is 2.92 bits per heavy atom. The maximum Gasteiger partial charge on any atom is 0.307 e. The summed E-state index contributed by atoms with van der Waals surface area (Å²) in [6.07, 6.45) is 4.55. The zero-order valence-electron chi connectivity index (χ0n) is 12.6. The molecule has 2 aliphatic heterocycles. The van der Waals surface area contributed by atoms with Crippen LogP contribution in [0.25, 0.3) is 0 Å². The third kappa shape index (κ3) is 3.03. The largest absolute Gasteiger partial charge is 0.425 e. The number of hydrogen-bond donors (Lipinski definition) is 2. The molecule has 2 aromatic rings. The fourth-order valence-corrected chi connectivity index (χ4v) is 4.04. The van der Waals surface area contributed by atoms with Gasteiger partial charge in [0.05, 0.1) is 6.20 Å². The van der Waals surface area contributed by atoms with Gasteiger partial charge < -0.3 is 15.1 Å². The Bertz CT molecular complexity index is 782. The lowest BCUT2D eigenvalue weighted by Crippen LogP contribution is -2.43. The minimum Gasteiger partial charge on any atom is -0.425 e. The summed E-state index contributed by atoms with van der Waals surface area (Å²) in [6, 6.07) is 4.47. The molecule has 0 radical (unpaired) electrons. The second-order valence-corrected chi connectivity index (χ2v) is 7.10. The highest BCUT2D eigenvalue weighted by Gasteiger charge is 2.40. The minimum absolute atomic E-state index is 0.0251. The number of amides is 1. The third-order valence-electron chi connectivity index (χ3n) is 4.40. The summed E-state index contributed by atoms with van der Waals surface area (Å²) in [6.45, 7) is 0. The molecule has 0 spiro atoms. The van der Waals surface area contributed by atoms with Crippen molar-refractivity contribution >= 4 is 17.7 Å². The van der Waals surface area contributed by atoms with Crippen molar-refractivity contribution in [3.63, 3.8) is 0 Å². The molecule has 0 saturated carbocycles. The van der Waals surface area contributed by atoms with E-state index in [0.29, 0.717) is 22.1 Å². The Labute approximate surface area is 141 Å². The summed E-state index contributed by atoms with van der Waals surface area (Å²) < 4.78 is 31.6. The van der Waals surface area contributed by atoms with Gasteiger partial charge in [0.2, 0.25) is 0 Å². The number of carbonyl (C=O) groups excluding carboxylic acids is 1. The van der Waals surface area contributed by atoms with Crippen LogP contribution < -0.4 is 10.6 Å². The normalized spacial score (nSPS) is 25.2. The number of carbonyl (C=O) groups is 1. The van der Waals surface area contributed by atoms with Gasteiger partial charge in [-0.2, -0.15) is 0 Å².